The van der Waals surface area contributed by atoms with E-state index in [1.807, 2.05) is 0 Å². The fourth-order valence-electron chi connectivity index (χ4n) is 2.98. The molecular formula is C14H23N3O2. The van der Waals surface area contributed by atoms with Gasteiger partial charge in [0.05, 0.1) is 6.61 Å². The quantitative estimate of drug-likeness (QED) is 0.838. The van der Waals surface area contributed by atoms with E-state index in [0.717, 1.165) is 57.3 Å². The standard InChI is InChI=1S/C14H23N3O2/c1-10(2)17-6-3-11(4-7-17)14-15-13(16-19-14)12-5-8-18-9-12/h10-12H,3-9H2,1-2H3/t12-/m1/s1. The molecule has 5 heteroatoms. The van der Waals surface area contributed by atoms with Gasteiger partial charge in [0.15, 0.2) is 5.82 Å². The summed E-state index contributed by atoms with van der Waals surface area (Å²) in [6.07, 6.45) is 3.27. The molecule has 19 heavy (non-hydrogen) atoms. The summed E-state index contributed by atoms with van der Waals surface area (Å²) in [6.45, 7) is 8.34. The van der Waals surface area contributed by atoms with E-state index in [2.05, 4.69) is 28.9 Å². The van der Waals surface area contributed by atoms with Crippen LogP contribution >= 0.6 is 0 Å². The molecule has 0 aliphatic carbocycles. The summed E-state index contributed by atoms with van der Waals surface area (Å²) in [5, 5.41) is 4.15. The van der Waals surface area contributed by atoms with Crippen LogP contribution in [0.15, 0.2) is 4.52 Å². The van der Waals surface area contributed by atoms with Crippen LogP contribution in [-0.4, -0.2) is 47.4 Å². The Balaban J connectivity index is 1.61. The van der Waals surface area contributed by atoms with E-state index in [9.17, 15) is 0 Å². The van der Waals surface area contributed by atoms with E-state index in [0.29, 0.717) is 17.9 Å². The highest BCUT2D eigenvalue weighted by molar-refractivity contribution is 5.02. The van der Waals surface area contributed by atoms with Gasteiger partial charge in [-0.2, -0.15) is 4.98 Å². The Labute approximate surface area is 114 Å². The van der Waals surface area contributed by atoms with Crippen LogP contribution < -0.4 is 0 Å². The van der Waals surface area contributed by atoms with Crippen LogP contribution in [0.1, 0.15) is 56.7 Å². The Hall–Kier alpha value is -0.940. The fourth-order valence-corrected chi connectivity index (χ4v) is 2.98. The summed E-state index contributed by atoms with van der Waals surface area (Å²) in [4.78, 5) is 7.12. The van der Waals surface area contributed by atoms with E-state index in [1.165, 1.54) is 0 Å². The predicted octanol–water partition coefficient (Wildman–Crippen LogP) is 2.16. The molecule has 1 aromatic rings. The highest BCUT2D eigenvalue weighted by Crippen LogP contribution is 2.30. The third-order valence-electron chi connectivity index (χ3n) is 4.36. The summed E-state index contributed by atoms with van der Waals surface area (Å²) in [7, 11) is 0. The van der Waals surface area contributed by atoms with Crippen molar-refractivity contribution in [3.8, 4) is 0 Å². The molecule has 106 valence electrons. The maximum absolute atomic E-state index is 5.48. The molecule has 0 saturated carbocycles. The molecule has 2 aliphatic heterocycles. The lowest BCUT2D eigenvalue weighted by Crippen LogP contribution is -2.37. The molecule has 2 aliphatic rings. The normalized spacial score (nSPS) is 26.4. The number of aromatic nitrogens is 2. The average molecular weight is 265 g/mol. The maximum atomic E-state index is 5.48. The van der Waals surface area contributed by atoms with Crippen molar-refractivity contribution in [1.82, 2.24) is 15.0 Å². The lowest BCUT2D eigenvalue weighted by atomic mass is 9.96. The van der Waals surface area contributed by atoms with Crippen molar-refractivity contribution in [3.63, 3.8) is 0 Å². The van der Waals surface area contributed by atoms with E-state index < -0.39 is 0 Å². The van der Waals surface area contributed by atoms with E-state index >= 15 is 0 Å². The van der Waals surface area contributed by atoms with Crippen molar-refractivity contribution < 1.29 is 9.26 Å². The molecule has 0 amide bonds. The number of hydrogen-bond donors (Lipinski definition) is 0. The van der Waals surface area contributed by atoms with Crippen LogP contribution in [0, 0.1) is 0 Å². The first-order chi connectivity index (χ1) is 9.24. The van der Waals surface area contributed by atoms with Crippen LogP contribution in [0.4, 0.5) is 0 Å². The number of ether oxygens (including phenoxy) is 1. The Morgan fingerprint density at radius 3 is 2.58 bits per heavy atom. The summed E-state index contributed by atoms with van der Waals surface area (Å²) in [5.74, 6) is 2.47. The van der Waals surface area contributed by atoms with Gasteiger partial charge in [-0.3, -0.25) is 0 Å². The third kappa shape index (κ3) is 2.82. The molecule has 5 nitrogen and oxygen atoms in total. The van der Waals surface area contributed by atoms with Crippen LogP contribution in [0.3, 0.4) is 0 Å². The topological polar surface area (TPSA) is 51.4 Å². The molecule has 0 aromatic carbocycles. The molecule has 0 unspecified atom stereocenters. The van der Waals surface area contributed by atoms with Crippen LogP contribution in [0.25, 0.3) is 0 Å². The van der Waals surface area contributed by atoms with Crippen molar-refractivity contribution in [2.75, 3.05) is 26.3 Å². The highest BCUT2D eigenvalue weighted by atomic mass is 16.5. The van der Waals surface area contributed by atoms with Gasteiger partial charge in [0.1, 0.15) is 0 Å². The Morgan fingerprint density at radius 2 is 1.95 bits per heavy atom. The number of likely N-dealkylation sites (tertiary alicyclic amines) is 1. The largest absolute Gasteiger partial charge is 0.381 e. The monoisotopic (exact) mass is 265 g/mol. The van der Waals surface area contributed by atoms with Gasteiger partial charge in [-0.25, -0.2) is 0 Å². The number of hydrogen-bond acceptors (Lipinski definition) is 5. The zero-order chi connectivity index (χ0) is 13.2. The molecule has 2 fully saturated rings. The fraction of sp³-hybridized carbons (Fsp3) is 0.857. The van der Waals surface area contributed by atoms with Crippen molar-refractivity contribution in [2.24, 2.45) is 0 Å². The van der Waals surface area contributed by atoms with Crippen molar-refractivity contribution in [3.05, 3.63) is 11.7 Å². The smallest absolute Gasteiger partial charge is 0.229 e. The van der Waals surface area contributed by atoms with Gasteiger partial charge in [0.2, 0.25) is 5.89 Å². The molecule has 1 aromatic heterocycles. The number of nitrogens with zero attached hydrogens (tertiary/aromatic N) is 3. The van der Waals surface area contributed by atoms with Gasteiger partial charge < -0.3 is 14.2 Å². The predicted molar refractivity (Wildman–Crippen MR) is 71.2 cm³/mol. The first-order valence-electron chi connectivity index (χ1n) is 7.39. The molecule has 0 N–H and O–H groups in total. The lowest BCUT2D eigenvalue weighted by molar-refractivity contribution is 0.159. The molecular weight excluding hydrogens is 242 g/mol. The molecule has 1 atom stereocenters. The molecule has 0 bridgehead atoms. The Bertz CT molecular complexity index is 405. The van der Waals surface area contributed by atoms with Gasteiger partial charge in [-0.15, -0.1) is 0 Å². The van der Waals surface area contributed by atoms with Gasteiger partial charge in [-0.05, 0) is 46.2 Å². The second-order valence-electron chi connectivity index (χ2n) is 5.96. The molecule has 0 spiro atoms. The lowest BCUT2D eigenvalue weighted by Gasteiger charge is -2.33. The van der Waals surface area contributed by atoms with E-state index in [4.69, 9.17) is 9.26 Å². The summed E-state index contributed by atoms with van der Waals surface area (Å²) in [5.41, 5.74) is 0. The van der Waals surface area contributed by atoms with Crippen LogP contribution in [-0.2, 0) is 4.74 Å². The summed E-state index contributed by atoms with van der Waals surface area (Å²) in [6, 6.07) is 0.634. The van der Waals surface area contributed by atoms with Gasteiger partial charge in [0, 0.05) is 24.5 Å². The SMILES string of the molecule is CC(C)N1CCC(c2nc([C@@H]3CCOC3)no2)CC1. The zero-order valence-electron chi connectivity index (χ0n) is 11.8. The minimum Gasteiger partial charge on any atom is -0.381 e. The van der Waals surface area contributed by atoms with Crippen LogP contribution in [0.5, 0.6) is 0 Å². The number of rotatable bonds is 3. The Morgan fingerprint density at radius 1 is 1.16 bits per heavy atom. The number of piperidine rings is 1. The van der Waals surface area contributed by atoms with Crippen molar-refractivity contribution >= 4 is 0 Å². The minimum atomic E-state index is 0.341. The van der Waals surface area contributed by atoms with Gasteiger partial charge in [0.25, 0.3) is 0 Å². The van der Waals surface area contributed by atoms with Crippen molar-refractivity contribution in [1.29, 1.82) is 0 Å². The van der Waals surface area contributed by atoms with Crippen molar-refractivity contribution in [2.45, 2.75) is 51.0 Å². The minimum absolute atomic E-state index is 0.341. The van der Waals surface area contributed by atoms with Gasteiger partial charge >= 0.3 is 0 Å². The second-order valence-corrected chi connectivity index (χ2v) is 5.96. The zero-order valence-corrected chi connectivity index (χ0v) is 11.8. The van der Waals surface area contributed by atoms with E-state index in [-0.39, 0.29) is 0 Å². The summed E-state index contributed by atoms with van der Waals surface area (Å²) < 4.78 is 10.9. The first kappa shape index (κ1) is 13.1. The Kier molecular flexibility index (Phi) is 3.84. The molecule has 2 saturated heterocycles. The molecule has 3 rings (SSSR count). The maximum Gasteiger partial charge on any atom is 0.229 e. The van der Waals surface area contributed by atoms with Crippen LogP contribution in [0.2, 0.25) is 0 Å². The summed E-state index contributed by atoms with van der Waals surface area (Å²) >= 11 is 0. The second kappa shape index (κ2) is 5.59. The van der Waals surface area contributed by atoms with Gasteiger partial charge in [-0.1, -0.05) is 5.16 Å². The third-order valence-corrected chi connectivity index (χ3v) is 4.36. The van der Waals surface area contributed by atoms with E-state index in [1.54, 1.807) is 0 Å². The molecule has 0 radical (unpaired) electrons. The highest BCUT2D eigenvalue weighted by Gasteiger charge is 2.28. The average Bonchev–Trinajstić information content (AvgIpc) is 3.10. The first-order valence-corrected chi connectivity index (χ1v) is 7.39. The molecule has 3 heterocycles.